The quantitative estimate of drug-likeness (QED) is 0.525. The van der Waals surface area contributed by atoms with Gasteiger partial charge in [-0.25, -0.2) is 0 Å². The lowest BCUT2D eigenvalue weighted by Gasteiger charge is -2.19. The highest BCUT2D eigenvalue weighted by molar-refractivity contribution is 7.17. The van der Waals surface area contributed by atoms with Crippen LogP contribution in [-0.4, -0.2) is 37.5 Å². The molecule has 1 aromatic heterocycles. The van der Waals surface area contributed by atoms with Crippen molar-refractivity contribution < 1.29 is 14.5 Å². The molecule has 0 spiro atoms. The number of quaternary nitrogens is 1. The molecule has 0 saturated carbocycles. The van der Waals surface area contributed by atoms with Crippen molar-refractivity contribution in [3.8, 4) is 0 Å². The molecule has 3 N–H and O–H groups in total. The van der Waals surface area contributed by atoms with Crippen LogP contribution in [0.3, 0.4) is 0 Å². The van der Waals surface area contributed by atoms with E-state index in [0.29, 0.717) is 16.1 Å². The summed E-state index contributed by atoms with van der Waals surface area (Å²) in [5.74, 6) is -0.214. The second kappa shape index (κ2) is 11.4. The van der Waals surface area contributed by atoms with Crippen LogP contribution in [0.4, 0.5) is 5.00 Å². The molecule has 0 bridgehead atoms. The van der Waals surface area contributed by atoms with Crippen LogP contribution < -0.4 is 15.5 Å². The molecule has 31 heavy (non-hydrogen) atoms. The predicted molar refractivity (Wildman–Crippen MR) is 128 cm³/mol. The van der Waals surface area contributed by atoms with Crippen LogP contribution >= 0.6 is 11.3 Å². The zero-order valence-electron chi connectivity index (χ0n) is 19.1. The van der Waals surface area contributed by atoms with Crippen molar-refractivity contribution in [2.75, 3.05) is 25.0 Å². The first-order valence-corrected chi connectivity index (χ1v) is 12.5. The molecule has 0 unspecified atom stereocenters. The van der Waals surface area contributed by atoms with Gasteiger partial charge in [0.15, 0.2) is 0 Å². The van der Waals surface area contributed by atoms with Gasteiger partial charge in [0.05, 0.1) is 25.2 Å². The van der Waals surface area contributed by atoms with Gasteiger partial charge in [-0.3, -0.25) is 9.59 Å². The first-order chi connectivity index (χ1) is 15.0. The fraction of sp³-hybridized carbons (Fsp3) is 0.520. The summed E-state index contributed by atoms with van der Waals surface area (Å²) in [6, 6.07) is 9.29. The lowest BCUT2D eigenvalue weighted by atomic mass is 9.95. The van der Waals surface area contributed by atoms with Gasteiger partial charge in [-0.15, -0.1) is 11.3 Å². The Morgan fingerprint density at radius 1 is 1.06 bits per heavy atom. The minimum Gasteiger partial charge on any atom is -0.349 e. The lowest BCUT2D eigenvalue weighted by molar-refractivity contribution is -0.896. The number of hydrogen-bond donors (Lipinski definition) is 3. The predicted octanol–water partition coefficient (Wildman–Crippen LogP) is 3.70. The number of hydrogen-bond acceptors (Lipinski definition) is 3. The maximum absolute atomic E-state index is 13.3. The topological polar surface area (TPSA) is 62.6 Å². The van der Waals surface area contributed by atoms with E-state index in [4.69, 9.17) is 0 Å². The van der Waals surface area contributed by atoms with Gasteiger partial charge >= 0.3 is 0 Å². The molecule has 0 fully saturated rings. The minimum atomic E-state index is -0.163. The van der Waals surface area contributed by atoms with Gasteiger partial charge in [0, 0.05) is 16.5 Å². The molecule has 1 aliphatic rings. The van der Waals surface area contributed by atoms with Crippen LogP contribution in [0.25, 0.3) is 0 Å². The van der Waals surface area contributed by atoms with E-state index in [2.05, 4.69) is 31.4 Å². The molecule has 168 valence electrons. The third-order valence-electron chi connectivity index (χ3n) is 6.21. The number of carbonyl (C=O) groups is 2. The van der Waals surface area contributed by atoms with Crippen LogP contribution in [0, 0.1) is 0 Å². The van der Waals surface area contributed by atoms with Gasteiger partial charge in [-0.2, -0.15) is 0 Å². The summed E-state index contributed by atoms with van der Waals surface area (Å²) in [6.45, 7) is 9.94. The number of amides is 2. The molecule has 1 heterocycles. The minimum absolute atomic E-state index is 0.0505. The highest BCUT2D eigenvalue weighted by Crippen LogP contribution is 2.38. The van der Waals surface area contributed by atoms with Crippen molar-refractivity contribution in [2.24, 2.45) is 0 Å². The molecular weight excluding hydrogens is 406 g/mol. The highest BCUT2D eigenvalue weighted by Gasteiger charge is 2.27. The van der Waals surface area contributed by atoms with E-state index in [1.165, 1.54) is 4.88 Å². The molecule has 6 heteroatoms. The van der Waals surface area contributed by atoms with E-state index < -0.39 is 0 Å². The molecule has 0 saturated heterocycles. The van der Waals surface area contributed by atoms with Gasteiger partial charge in [0.2, 0.25) is 0 Å². The number of anilines is 1. The van der Waals surface area contributed by atoms with Crippen LogP contribution in [0.5, 0.6) is 0 Å². The molecule has 0 radical (unpaired) electrons. The van der Waals surface area contributed by atoms with Crippen LogP contribution in [-0.2, 0) is 12.8 Å². The Morgan fingerprint density at radius 3 is 2.48 bits per heavy atom. The van der Waals surface area contributed by atoms with Gasteiger partial charge in [-0.1, -0.05) is 18.2 Å². The van der Waals surface area contributed by atoms with E-state index in [-0.39, 0.29) is 17.9 Å². The van der Waals surface area contributed by atoms with Crippen molar-refractivity contribution in [2.45, 2.75) is 65.3 Å². The number of nitrogens with one attached hydrogen (secondary N) is 3. The summed E-state index contributed by atoms with van der Waals surface area (Å²) in [7, 11) is 0. The Hall–Kier alpha value is -2.18. The number of thiophene rings is 1. The van der Waals surface area contributed by atoms with E-state index in [1.54, 1.807) is 28.4 Å². The van der Waals surface area contributed by atoms with Gasteiger partial charge in [-0.05, 0) is 77.0 Å². The first-order valence-electron chi connectivity index (χ1n) is 11.7. The summed E-state index contributed by atoms with van der Waals surface area (Å²) < 4.78 is 0. The average molecular weight is 443 g/mol. The number of rotatable bonds is 10. The van der Waals surface area contributed by atoms with Gasteiger partial charge in [0.25, 0.3) is 11.8 Å². The van der Waals surface area contributed by atoms with Crippen molar-refractivity contribution in [1.82, 2.24) is 5.32 Å². The van der Waals surface area contributed by atoms with E-state index >= 15 is 0 Å². The second-order valence-corrected chi connectivity index (χ2v) is 9.56. The summed E-state index contributed by atoms with van der Waals surface area (Å²) in [6.07, 6.45) is 6.20. The zero-order chi connectivity index (χ0) is 22.2. The third-order valence-corrected chi connectivity index (χ3v) is 7.41. The largest absolute Gasteiger partial charge is 0.349 e. The molecule has 1 atom stereocenters. The number of benzene rings is 1. The summed E-state index contributed by atoms with van der Waals surface area (Å²) >= 11 is 1.57. The maximum atomic E-state index is 13.3. The summed E-state index contributed by atoms with van der Waals surface area (Å²) in [5, 5.41) is 6.92. The Labute approximate surface area is 190 Å². The van der Waals surface area contributed by atoms with Crippen LogP contribution in [0.2, 0.25) is 0 Å². The molecule has 5 nitrogen and oxygen atoms in total. The Morgan fingerprint density at radius 2 is 1.77 bits per heavy atom. The SMILES string of the molecule is CC[NH+](CC)CCC[C@@H](C)NC(=O)c1c(NC(=O)c2ccccc2)sc2c1CCCC2. The second-order valence-electron chi connectivity index (χ2n) is 8.46. The Kier molecular flexibility index (Phi) is 8.67. The molecule has 3 rings (SSSR count). The molecule has 0 aliphatic heterocycles. The average Bonchev–Trinajstić information content (AvgIpc) is 3.15. The Bertz CT molecular complexity index is 874. The van der Waals surface area contributed by atoms with Crippen molar-refractivity contribution in [1.29, 1.82) is 0 Å². The van der Waals surface area contributed by atoms with E-state index in [0.717, 1.165) is 63.7 Å². The normalized spacial score (nSPS) is 14.2. The zero-order valence-corrected chi connectivity index (χ0v) is 19.9. The fourth-order valence-electron chi connectivity index (χ4n) is 4.29. The summed E-state index contributed by atoms with van der Waals surface area (Å²) in [5.41, 5.74) is 2.43. The molecule has 2 aromatic rings. The van der Waals surface area contributed by atoms with E-state index in [9.17, 15) is 9.59 Å². The smallest absolute Gasteiger partial charge is 0.256 e. The molecule has 2 amide bonds. The van der Waals surface area contributed by atoms with Crippen LogP contribution in [0.15, 0.2) is 30.3 Å². The number of fused-ring (bicyclic) bond motifs is 1. The molecule has 1 aliphatic carbocycles. The monoisotopic (exact) mass is 442 g/mol. The fourth-order valence-corrected chi connectivity index (χ4v) is 5.57. The standard InChI is InChI=1S/C25H35N3O2S/c1-4-28(5-2)17-11-12-18(3)26-24(30)22-20-15-9-10-16-21(20)31-25(22)27-23(29)19-13-7-6-8-14-19/h6-8,13-14,18H,4-5,9-12,15-17H2,1-3H3,(H,26,30)(H,27,29)/p+1/t18-/m1/s1. The Balaban J connectivity index is 1.70. The third kappa shape index (κ3) is 6.17. The number of carbonyl (C=O) groups excluding carboxylic acids is 2. The molecular formula is C25H36N3O2S+. The number of aryl methyl sites for hydroxylation is 1. The van der Waals surface area contributed by atoms with Gasteiger partial charge < -0.3 is 15.5 Å². The van der Waals surface area contributed by atoms with Crippen molar-refractivity contribution >= 4 is 28.2 Å². The first kappa shape index (κ1) is 23.5. The van der Waals surface area contributed by atoms with Crippen LogP contribution in [0.1, 0.15) is 77.6 Å². The lowest BCUT2D eigenvalue weighted by Crippen LogP contribution is -3.11. The molecule has 1 aromatic carbocycles. The van der Waals surface area contributed by atoms with E-state index in [1.807, 2.05) is 18.2 Å². The van der Waals surface area contributed by atoms with Crippen molar-refractivity contribution in [3.63, 3.8) is 0 Å². The summed E-state index contributed by atoms with van der Waals surface area (Å²) in [4.78, 5) is 28.9. The highest BCUT2D eigenvalue weighted by atomic mass is 32.1. The van der Waals surface area contributed by atoms with Gasteiger partial charge in [0.1, 0.15) is 5.00 Å². The maximum Gasteiger partial charge on any atom is 0.256 e. The van der Waals surface area contributed by atoms with Crippen molar-refractivity contribution in [3.05, 3.63) is 51.9 Å².